The highest BCUT2D eigenvalue weighted by molar-refractivity contribution is 7.84. The maximum Gasteiger partial charge on any atom is 0.257 e. The van der Waals surface area contributed by atoms with Crippen LogP contribution in [-0.2, 0) is 15.6 Å². The summed E-state index contributed by atoms with van der Waals surface area (Å²) in [6.07, 6.45) is 1.59. The third kappa shape index (κ3) is 5.72. The molecule has 0 aliphatic rings. The molecule has 2 aromatic carbocycles. The molecule has 7 heteroatoms. The summed E-state index contributed by atoms with van der Waals surface area (Å²) < 4.78 is 16.7. The van der Waals surface area contributed by atoms with Crippen molar-refractivity contribution in [3.05, 3.63) is 54.1 Å². The van der Waals surface area contributed by atoms with Gasteiger partial charge in [-0.15, -0.1) is 0 Å². The van der Waals surface area contributed by atoms with Gasteiger partial charge in [-0.05, 0) is 55.5 Å². The molecule has 2 rings (SSSR count). The van der Waals surface area contributed by atoms with E-state index >= 15 is 0 Å². The Hall–Kier alpha value is -2.67. The average molecular weight is 360 g/mol. The lowest BCUT2D eigenvalue weighted by Crippen LogP contribution is -2.28. The van der Waals surface area contributed by atoms with Crippen molar-refractivity contribution in [3.63, 3.8) is 0 Å². The minimum atomic E-state index is -1.07. The second-order valence-electron chi connectivity index (χ2n) is 5.20. The number of benzene rings is 2. The molecular weight excluding hydrogens is 340 g/mol. The first-order valence-electron chi connectivity index (χ1n) is 7.74. The van der Waals surface area contributed by atoms with Gasteiger partial charge in [-0.2, -0.15) is 0 Å². The molecule has 0 saturated heterocycles. The molecule has 0 aliphatic heterocycles. The van der Waals surface area contributed by atoms with E-state index in [-0.39, 0.29) is 18.4 Å². The predicted octanol–water partition coefficient (Wildman–Crippen LogP) is 2.19. The number of ether oxygens (including phenoxy) is 1. The molecule has 0 fully saturated rings. The molecule has 2 N–H and O–H groups in total. The third-order valence-electron chi connectivity index (χ3n) is 3.30. The molecule has 0 heterocycles. The minimum absolute atomic E-state index is 0.0509. The summed E-state index contributed by atoms with van der Waals surface area (Å²) in [4.78, 5) is 24.2. The van der Waals surface area contributed by atoms with Crippen molar-refractivity contribution >= 4 is 28.3 Å². The number of anilines is 1. The highest BCUT2D eigenvalue weighted by Gasteiger charge is 2.07. The normalized spacial score (nSPS) is 11.4. The molecule has 2 aromatic rings. The minimum Gasteiger partial charge on any atom is -0.484 e. The number of carbonyl (C=O) groups is 2. The van der Waals surface area contributed by atoms with Crippen LogP contribution < -0.4 is 15.4 Å². The topological polar surface area (TPSA) is 84.5 Å². The van der Waals surface area contributed by atoms with Gasteiger partial charge < -0.3 is 15.4 Å². The fourth-order valence-corrected chi connectivity index (χ4v) is 2.55. The van der Waals surface area contributed by atoms with Crippen LogP contribution in [0.1, 0.15) is 17.3 Å². The second-order valence-corrected chi connectivity index (χ2v) is 6.58. The van der Waals surface area contributed by atoms with E-state index in [2.05, 4.69) is 10.6 Å². The zero-order valence-corrected chi connectivity index (χ0v) is 14.9. The smallest absolute Gasteiger partial charge is 0.257 e. The Kier molecular flexibility index (Phi) is 6.71. The number of likely N-dealkylation sites (N-methyl/N-ethyl adjacent to an activating group) is 1. The Balaban J connectivity index is 1.92. The number of carbonyl (C=O) groups excluding carboxylic acids is 2. The molecule has 2 amide bonds. The lowest BCUT2D eigenvalue weighted by molar-refractivity contribution is -0.122. The largest absolute Gasteiger partial charge is 0.484 e. The molecule has 0 radical (unpaired) electrons. The van der Waals surface area contributed by atoms with Gasteiger partial charge in [0.05, 0.1) is 0 Å². The molecule has 1 unspecified atom stereocenters. The van der Waals surface area contributed by atoms with Crippen LogP contribution in [0.4, 0.5) is 5.69 Å². The molecule has 0 spiro atoms. The Bertz CT molecular complexity index is 758. The summed E-state index contributed by atoms with van der Waals surface area (Å²) in [6, 6.07) is 13.4. The number of nitrogens with one attached hydrogen (secondary N) is 2. The number of hydrogen-bond acceptors (Lipinski definition) is 4. The molecule has 6 nitrogen and oxygen atoms in total. The van der Waals surface area contributed by atoms with Crippen LogP contribution in [0.25, 0.3) is 0 Å². The van der Waals surface area contributed by atoms with E-state index in [1.165, 1.54) is 0 Å². The van der Waals surface area contributed by atoms with E-state index in [4.69, 9.17) is 4.74 Å². The summed E-state index contributed by atoms with van der Waals surface area (Å²) in [5.41, 5.74) is 1.09. The van der Waals surface area contributed by atoms with Crippen molar-refractivity contribution < 1.29 is 18.5 Å². The maximum absolute atomic E-state index is 12.2. The predicted molar refractivity (Wildman–Crippen MR) is 97.3 cm³/mol. The lowest BCUT2D eigenvalue weighted by Gasteiger charge is -2.08. The van der Waals surface area contributed by atoms with E-state index in [9.17, 15) is 13.8 Å². The van der Waals surface area contributed by atoms with Crippen molar-refractivity contribution in [2.45, 2.75) is 11.8 Å². The summed E-state index contributed by atoms with van der Waals surface area (Å²) >= 11 is 0. The van der Waals surface area contributed by atoms with E-state index in [1.54, 1.807) is 54.8 Å². The Morgan fingerprint density at radius 3 is 2.24 bits per heavy atom. The van der Waals surface area contributed by atoms with Crippen LogP contribution >= 0.6 is 0 Å². The lowest BCUT2D eigenvalue weighted by atomic mass is 10.2. The van der Waals surface area contributed by atoms with Gasteiger partial charge in [-0.3, -0.25) is 13.8 Å². The molecule has 0 saturated carbocycles. The van der Waals surface area contributed by atoms with E-state index in [0.717, 1.165) is 0 Å². The molecule has 25 heavy (non-hydrogen) atoms. The quantitative estimate of drug-likeness (QED) is 0.793. The van der Waals surface area contributed by atoms with Crippen LogP contribution in [0.2, 0.25) is 0 Å². The Morgan fingerprint density at radius 2 is 1.68 bits per heavy atom. The molecule has 132 valence electrons. The average Bonchev–Trinajstić information content (AvgIpc) is 2.61. The van der Waals surface area contributed by atoms with Crippen LogP contribution in [-0.4, -0.2) is 35.4 Å². The SMILES string of the molecule is CCNC(=O)COc1ccc(NC(=O)c2ccc(S(C)=O)cc2)cc1. The van der Waals surface area contributed by atoms with Gasteiger partial charge in [0, 0.05) is 39.7 Å². The fraction of sp³-hybridized carbons (Fsp3) is 0.222. The van der Waals surface area contributed by atoms with Crippen LogP contribution in [0.3, 0.4) is 0 Å². The first kappa shape index (κ1) is 18.7. The van der Waals surface area contributed by atoms with Crippen molar-refractivity contribution in [2.75, 3.05) is 24.7 Å². The van der Waals surface area contributed by atoms with Gasteiger partial charge in [-0.25, -0.2) is 0 Å². The monoisotopic (exact) mass is 360 g/mol. The van der Waals surface area contributed by atoms with Crippen LogP contribution in [0, 0.1) is 0 Å². The number of rotatable bonds is 7. The van der Waals surface area contributed by atoms with Gasteiger partial charge >= 0.3 is 0 Å². The highest BCUT2D eigenvalue weighted by Crippen LogP contribution is 2.17. The summed E-state index contributed by atoms with van der Waals surface area (Å²) in [5.74, 6) is 0.0970. The van der Waals surface area contributed by atoms with Gasteiger partial charge in [0.2, 0.25) is 0 Å². The van der Waals surface area contributed by atoms with Crippen molar-refractivity contribution in [1.82, 2.24) is 5.32 Å². The molecule has 1 atom stereocenters. The zero-order valence-electron chi connectivity index (χ0n) is 14.1. The van der Waals surface area contributed by atoms with Crippen molar-refractivity contribution in [2.24, 2.45) is 0 Å². The van der Waals surface area contributed by atoms with Gasteiger partial charge in [0.1, 0.15) is 5.75 Å². The Morgan fingerprint density at radius 1 is 1.04 bits per heavy atom. The van der Waals surface area contributed by atoms with Crippen molar-refractivity contribution in [1.29, 1.82) is 0 Å². The van der Waals surface area contributed by atoms with Crippen LogP contribution in [0.5, 0.6) is 5.75 Å². The summed E-state index contributed by atoms with van der Waals surface area (Å²) in [7, 11) is -1.07. The molecule has 0 bridgehead atoms. The number of amides is 2. The summed E-state index contributed by atoms with van der Waals surface area (Å²) in [6.45, 7) is 2.34. The fourth-order valence-electron chi connectivity index (χ4n) is 2.03. The van der Waals surface area contributed by atoms with Gasteiger partial charge in [-0.1, -0.05) is 0 Å². The zero-order chi connectivity index (χ0) is 18.2. The summed E-state index contributed by atoms with van der Waals surface area (Å²) in [5, 5.41) is 5.41. The van der Waals surface area contributed by atoms with Crippen LogP contribution in [0.15, 0.2) is 53.4 Å². The van der Waals surface area contributed by atoms with Gasteiger partial charge in [0.15, 0.2) is 6.61 Å². The molecule has 0 aromatic heterocycles. The van der Waals surface area contributed by atoms with E-state index in [1.807, 2.05) is 6.92 Å². The second kappa shape index (κ2) is 8.98. The van der Waals surface area contributed by atoms with Crippen molar-refractivity contribution in [3.8, 4) is 5.75 Å². The first-order chi connectivity index (χ1) is 12.0. The molecular formula is C18H20N2O4S. The Labute approximate surface area is 149 Å². The molecule has 0 aliphatic carbocycles. The number of hydrogen-bond donors (Lipinski definition) is 2. The maximum atomic E-state index is 12.2. The van der Waals surface area contributed by atoms with Gasteiger partial charge in [0.25, 0.3) is 11.8 Å². The third-order valence-corrected chi connectivity index (χ3v) is 4.24. The standard InChI is InChI=1S/C18H20N2O4S/c1-3-19-17(21)12-24-15-8-6-14(7-9-15)20-18(22)13-4-10-16(11-5-13)25(2)23/h4-11H,3,12H2,1-2H3,(H,19,21)(H,20,22). The van der Waals surface area contributed by atoms with E-state index < -0.39 is 10.8 Å². The first-order valence-corrected chi connectivity index (χ1v) is 9.30. The van der Waals surface area contributed by atoms with E-state index in [0.29, 0.717) is 28.4 Å². The highest BCUT2D eigenvalue weighted by atomic mass is 32.2.